The quantitative estimate of drug-likeness (QED) is 0.647. The number of aromatic nitrogens is 1. The van der Waals surface area contributed by atoms with Crippen molar-refractivity contribution in [1.82, 2.24) is 10.3 Å². The number of rotatable bonds is 4. The van der Waals surface area contributed by atoms with E-state index in [0.29, 0.717) is 17.1 Å². The first-order chi connectivity index (χ1) is 14.7. The van der Waals surface area contributed by atoms with Gasteiger partial charge >= 0.3 is 0 Å². The summed E-state index contributed by atoms with van der Waals surface area (Å²) in [5, 5.41) is 6.74. The third-order valence-electron chi connectivity index (χ3n) is 5.26. The Kier molecular flexibility index (Phi) is 4.94. The number of furan rings is 1. The van der Waals surface area contributed by atoms with E-state index in [9.17, 15) is 4.79 Å². The maximum Gasteiger partial charge on any atom is 0.291 e. The molecular formula is C23H19ClN4O2. The second-order valence-corrected chi connectivity index (χ2v) is 7.66. The molecule has 2 aliphatic heterocycles. The van der Waals surface area contributed by atoms with Gasteiger partial charge < -0.3 is 15.1 Å². The van der Waals surface area contributed by atoms with Crippen molar-refractivity contribution < 1.29 is 9.21 Å². The number of carbonyl (C=O) groups is 1. The van der Waals surface area contributed by atoms with E-state index in [1.54, 1.807) is 24.3 Å². The molecule has 30 heavy (non-hydrogen) atoms. The van der Waals surface area contributed by atoms with Gasteiger partial charge in [0.15, 0.2) is 11.6 Å². The number of amides is 1. The van der Waals surface area contributed by atoms with Gasteiger partial charge in [-0.2, -0.15) is 0 Å². The Morgan fingerprint density at radius 2 is 2.17 bits per heavy atom. The van der Waals surface area contributed by atoms with Crippen LogP contribution in [0.2, 0.25) is 5.02 Å². The van der Waals surface area contributed by atoms with Crippen molar-refractivity contribution in [1.29, 1.82) is 0 Å². The standard InChI is InChI=1S/C23H19ClN4O2/c24-19-4-3-17(27-23(29)21-2-1-9-30-21)12-18(19)20-11-15-10-16(13-26-22(15)28-20)14-5-7-25-8-6-14/h1-5,9-10,12-13,25H,6-8,11H2,(H,27,29). The molecule has 0 spiro atoms. The van der Waals surface area contributed by atoms with Crippen LogP contribution in [-0.4, -0.2) is 29.7 Å². The Morgan fingerprint density at radius 1 is 1.23 bits per heavy atom. The van der Waals surface area contributed by atoms with Gasteiger partial charge in [0.2, 0.25) is 0 Å². The molecule has 1 amide bonds. The fourth-order valence-electron chi connectivity index (χ4n) is 3.72. The van der Waals surface area contributed by atoms with E-state index in [4.69, 9.17) is 21.0 Å². The van der Waals surface area contributed by atoms with Crippen LogP contribution in [0, 0.1) is 0 Å². The lowest BCUT2D eigenvalue weighted by atomic mass is 9.98. The number of halogens is 1. The fourth-order valence-corrected chi connectivity index (χ4v) is 3.95. The van der Waals surface area contributed by atoms with Gasteiger partial charge in [-0.05, 0) is 60.5 Å². The average Bonchev–Trinajstić information content (AvgIpc) is 3.45. The van der Waals surface area contributed by atoms with Crippen LogP contribution in [0.1, 0.15) is 33.7 Å². The second kappa shape index (κ2) is 7.89. The number of benzene rings is 1. The molecule has 150 valence electrons. The van der Waals surface area contributed by atoms with Crippen LogP contribution in [0.15, 0.2) is 64.3 Å². The largest absolute Gasteiger partial charge is 0.459 e. The summed E-state index contributed by atoms with van der Waals surface area (Å²) in [7, 11) is 0. The van der Waals surface area contributed by atoms with Gasteiger partial charge in [-0.15, -0.1) is 0 Å². The zero-order valence-corrected chi connectivity index (χ0v) is 16.9. The molecule has 0 aliphatic carbocycles. The third-order valence-corrected chi connectivity index (χ3v) is 5.59. The molecule has 4 heterocycles. The number of nitrogens with one attached hydrogen (secondary N) is 2. The normalized spacial score (nSPS) is 15.4. The summed E-state index contributed by atoms with van der Waals surface area (Å²) in [6.07, 6.45) is 7.22. The first kappa shape index (κ1) is 18.8. The Bertz CT molecular complexity index is 1180. The smallest absolute Gasteiger partial charge is 0.291 e. The van der Waals surface area contributed by atoms with E-state index in [0.717, 1.165) is 47.7 Å². The summed E-state index contributed by atoms with van der Waals surface area (Å²) in [5.74, 6) is 0.664. The summed E-state index contributed by atoms with van der Waals surface area (Å²) in [6.45, 7) is 1.87. The molecule has 0 fully saturated rings. The molecule has 5 rings (SSSR count). The summed E-state index contributed by atoms with van der Waals surface area (Å²) in [6, 6.07) is 10.8. The van der Waals surface area contributed by atoms with Crippen LogP contribution in [0.4, 0.5) is 11.5 Å². The van der Waals surface area contributed by atoms with E-state index >= 15 is 0 Å². The number of carbonyl (C=O) groups excluding carboxylic acids is 1. The minimum atomic E-state index is -0.313. The Balaban J connectivity index is 1.39. The highest BCUT2D eigenvalue weighted by Crippen LogP contribution is 2.33. The molecule has 2 N–H and O–H groups in total. The Hall–Kier alpha value is -3.22. The van der Waals surface area contributed by atoms with E-state index in [2.05, 4.69) is 27.8 Å². The van der Waals surface area contributed by atoms with Crippen molar-refractivity contribution in [2.75, 3.05) is 18.4 Å². The minimum absolute atomic E-state index is 0.251. The molecule has 1 aromatic carbocycles. The molecule has 0 bridgehead atoms. The number of pyridine rings is 1. The number of nitrogens with zero attached hydrogens (tertiary/aromatic N) is 2. The van der Waals surface area contributed by atoms with Crippen LogP contribution < -0.4 is 10.6 Å². The molecule has 2 aromatic heterocycles. The summed E-state index contributed by atoms with van der Waals surface area (Å²) in [4.78, 5) is 21.5. The average molecular weight is 419 g/mol. The molecular weight excluding hydrogens is 400 g/mol. The number of fused-ring (bicyclic) bond motifs is 1. The molecule has 0 saturated carbocycles. The third kappa shape index (κ3) is 3.67. The highest BCUT2D eigenvalue weighted by Gasteiger charge is 2.21. The molecule has 0 saturated heterocycles. The Labute approximate surface area is 178 Å². The van der Waals surface area contributed by atoms with Crippen LogP contribution in [-0.2, 0) is 6.42 Å². The van der Waals surface area contributed by atoms with Crippen LogP contribution in [0.3, 0.4) is 0 Å². The van der Waals surface area contributed by atoms with Gasteiger partial charge in [0.25, 0.3) is 5.91 Å². The van der Waals surface area contributed by atoms with Gasteiger partial charge in [-0.3, -0.25) is 4.79 Å². The number of hydrogen-bond donors (Lipinski definition) is 2. The van der Waals surface area contributed by atoms with Crippen LogP contribution in [0.25, 0.3) is 5.57 Å². The van der Waals surface area contributed by atoms with Gasteiger partial charge in [-0.25, -0.2) is 9.98 Å². The predicted octanol–water partition coefficient (Wildman–Crippen LogP) is 4.63. The summed E-state index contributed by atoms with van der Waals surface area (Å²) in [5.41, 5.74) is 5.81. The van der Waals surface area contributed by atoms with E-state index in [-0.39, 0.29) is 11.7 Å². The van der Waals surface area contributed by atoms with Crippen LogP contribution >= 0.6 is 11.6 Å². The van der Waals surface area contributed by atoms with Crippen molar-refractivity contribution in [3.05, 3.63) is 82.4 Å². The monoisotopic (exact) mass is 418 g/mol. The molecule has 0 unspecified atom stereocenters. The maximum absolute atomic E-state index is 12.3. The van der Waals surface area contributed by atoms with E-state index in [1.807, 2.05) is 12.3 Å². The van der Waals surface area contributed by atoms with Crippen molar-refractivity contribution in [2.24, 2.45) is 4.99 Å². The highest BCUT2D eigenvalue weighted by atomic mass is 35.5. The van der Waals surface area contributed by atoms with Gasteiger partial charge in [0.05, 0.1) is 12.0 Å². The molecule has 2 aliphatic rings. The molecule has 3 aromatic rings. The van der Waals surface area contributed by atoms with Crippen molar-refractivity contribution in [3.8, 4) is 0 Å². The van der Waals surface area contributed by atoms with Gasteiger partial charge in [-0.1, -0.05) is 17.7 Å². The van der Waals surface area contributed by atoms with E-state index < -0.39 is 0 Å². The van der Waals surface area contributed by atoms with Gasteiger partial charge in [0, 0.05) is 41.0 Å². The van der Waals surface area contributed by atoms with Crippen LogP contribution in [0.5, 0.6) is 0 Å². The zero-order valence-electron chi connectivity index (χ0n) is 16.1. The topological polar surface area (TPSA) is 79.5 Å². The number of hydrogen-bond acceptors (Lipinski definition) is 5. The lowest BCUT2D eigenvalue weighted by Gasteiger charge is -2.14. The van der Waals surface area contributed by atoms with Crippen molar-refractivity contribution in [3.63, 3.8) is 0 Å². The molecule has 7 heteroatoms. The van der Waals surface area contributed by atoms with Crippen molar-refractivity contribution in [2.45, 2.75) is 12.8 Å². The lowest BCUT2D eigenvalue weighted by Crippen LogP contribution is -2.20. The minimum Gasteiger partial charge on any atom is -0.459 e. The number of anilines is 1. The number of aliphatic imine (C=N–C) groups is 1. The van der Waals surface area contributed by atoms with Gasteiger partial charge in [0.1, 0.15) is 0 Å². The molecule has 0 atom stereocenters. The SMILES string of the molecule is O=C(Nc1ccc(Cl)c(C2=Nc3ncc(C4=CCNCC4)cc3C2)c1)c1ccco1. The first-order valence-corrected chi connectivity index (χ1v) is 10.2. The molecule has 6 nitrogen and oxygen atoms in total. The zero-order chi connectivity index (χ0) is 20.5. The van der Waals surface area contributed by atoms with E-state index in [1.165, 1.54) is 11.8 Å². The first-order valence-electron chi connectivity index (χ1n) is 9.79. The van der Waals surface area contributed by atoms with Crippen molar-refractivity contribution >= 4 is 40.3 Å². The summed E-state index contributed by atoms with van der Waals surface area (Å²) < 4.78 is 5.15. The lowest BCUT2D eigenvalue weighted by molar-refractivity contribution is 0.0996. The molecule has 0 radical (unpaired) electrons. The second-order valence-electron chi connectivity index (χ2n) is 7.25. The predicted molar refractivity (Wildman–Crippen MR) is 118 cm³/mol. The Morgan fingerprint density at radius 3 is 2.97 bits per heavy atom. The maximum atomic E-state index is 12.3. The fraction of sp³-hybridized carbons (Fsp3) is 0.174. The highest BCUT2D eigenvalue weighted by molar-refractivity contribution is 6.34. The summed E-state index contributed by atoms with van der Waals surface area (Å²) >= 11 is 6.46.